The summed E-state index contributed by atoms with van der Waals surface area (Å²) in [5, 5.41) is -0.596. The van der Waals surface area contributed by atoms with E-state index in [1.165, 1.54) is 13.8 Å². The molecule has 0 heterocycles. The molecule has 16 heavy (non-hydrogen) atoms. The molecule has 0 bridgehead atoms. The van der Waals surface area contributed by atoms with E-state index in [9.17, 15) is 26.4 Å². The van der Waals surface area contributed by atoms with Crippen molar-refractivity contribution in [2.45, 2.75) is 25.3 Å². The second-order valence-electron chi connectivity index (χ2n) is 3.76. The number of rotatable bonds is 4. The normalized spacial score (nSPS) is 14.9. The quantitative estimate of drug-likeness (QED) is 0.811. The Morgan fingerprint density at radius 2 is 1.75 bits per heavy atom. The summed E-state index contributed by atoms with van der Waals surface area (Å²) in [6.07, 6.45) is -4.38. The fraction of sp³-hybridized carbons (Fsp3) is 0.875. The van der Waals surface area contributed by atoms with Gasteiger partial charge in [-0.05, 0) is 0 Å². The van der Waals surface area contributed by atoms with Gasteiger partial charge < -0.3 is 5.32 Å². The third-order valence-electron chi connectivity index (χ3n) is 1.87. The van der Waals surface area contributed by atoms with Gasteiger partial charge in [0.15, 0.2) is 15.1 Å². The first kappa shape index (κ1) is 15.2. The van der Waals surface area contributed by atoms with Gasteiger partial charge in [-0.15, -0.1) is 0 Å². The minimum atomic E-state index is -4.88. The van der Waals surface area contributed by atoms with Crippen molar-refractivity contribution < 1.29 is 26.4 Å². The Morgan fingerprint density at radius 1 is 1.31 bits per heavy atom. The van der Waals surface area contributed by atoms with Crippen molar-refractivity contribution in [3.8, 4) is 0 Å². The van der Waals surface area contributed by atoms with Crippen LogP contribution in [-0.2, 0) is 14.6 Å². The van der Waals surface area contributed by atoms with Crippen LogP contribution in [0.1, 0.15) is 13.8 Å². The van der Waals surface area contributed by atoms with Crippen LogP contribution in [0.2, 0.25) is 0 Å². The van der Waals surface area contributed by atoms with Gasteiger partial charge in [-0.1, -0.05) is 13.8 Å². The SMILES string of the molecule is CC(C)C(=O)NCC(C(F)(F)F)S(C)(=O)=O. The van der Waals surface area contributed by atoms with E-state index in [2.05, 4.69) is 0 Å². The molecule has 0 fully saturated rings. The molecule has 0 aliphatic heterocycles. The largest absolute Gasteiger partial charge is 0.407 e. The van der Waals surface area contributed by atoms with Gasteiger partial charge in [-0.3, -0.25) is 4.79 Å². The van der Waals surface area contributed by atoms with E-state index in [-0.39, 0.29) is 0 Å². The topological polar surface area (TPSA) is 63.2 Å². The standard InChI is InChI=1S/C8H14F3NO3S/c1-5(2)7(13)12-4-6(8(9,10)11)16(3,14)15/h5-6H,4H2,1-3H3,(H,12,13). The van der Waals surface area contributed by atoms with Crippen molar-refractivity contribution in [1.29, 1.82) is 0 Å². The van der Waals surface area contributed by atoms with E-state index in [0.717, 1.165) is 0 Å². The van der Waals surface area contributed by atoms with Crippen molar-refractivity contribution in [3.05, 3.63) is 0 Å². The van der Waals surface area contributed by atoms with Gasteiger partial charge in [0.1, 0.15) is 0 Å². The smallest absolute Gasteiger partial charge is 0.354 e. The lowest BCUT2D eigenvalue weighted by Gasteiger charge is -2.19. The molecule has 0 aromatic carbocycles. The van der Waals surface area contributed by atoms with Gasteiger partial charge in [0, 0.05) is 18.7 Å². The fourth-order valence-corrected chi connectivity index (χ4v) is 1.78. The molecule has 8 heteroatoms. The Kier molecular flexibility index (Phi) is 4.78. The van der Waals surface area contributed by atoms with Gasteiger partial charge in [-0.2, -0.15) is 13.2 Å². The van der Waals surface area contributed by atoms with Crippen molar-refractivity contribution in [1.82, 2.24) is 5.32 Å². The molecule has 0 aromatic rings. The zero-order valence-electron chi connectivity index (χ0n) is 9.13. The summed E-state index contributed by atoms with van der Waals surface area (Å²) in [5.41, 5.74) is 0. The molecule has 0 rings (SSSR count). The van der Waals surface area contributed by atoms with Gasteiger partial charge in [0.2, 0.25) is 5.91 Å². The molecule has 1 N–H and O–H groups in total. The Hall–Kier alpha value is -0.790. The van der Waals surface area contributed by atoms with E-state index in [1.807, 2.05) is 5.32 Å². The Morgan fingerprint density at radius 3 is 2.00 bits per heavy atom. The second kappa shape index (κ2) is 5.03. The highest BCUT2D eigenvalue weighted by atomic mass is 32.2. The van der Waals surface area contributed by atoms with Crippen LogP contribution in [0.4, 0.5) is 13.2 Å². The molecular weight excluding hydrogens is 247 g/mol. The van der Waals surface area contributed by atoms with Crippen LogP contribution >= 0.6 is 0 Å². The molecule has 0 saturated heterocycles. The minimum Gasteiger partial charge on any atom is -0.354 e. The number of amides is 1. The van der Waals surface area contributed by atoms with Crippen molar-refractivity contribution in [3.63, 3.8) is 0 Å². The summed E-state index contributed by atoms with van der Waals surface area (Å²) in [6, 6.07) is 0. The summed E-state index contributed by atoms with van der Waals surface area (Å²) in [6.45, 7) is 2.05. The molecule has 0 radical (unpaired) electrons. The number of halogens is 3. The Labute approximate surface area is 92.1 Å². The first-order valence-electron chi connectivity index (χ1n) is 4.49. The van der Waals surface area contributed by atoms with Crippen molar-refractivity contribution in [2.75, 3.05) is 12.8 Å². The number of hydrogen-bond acceptors (Lipinski definition) is 3. The Bertz CT molecular complexity index is 348. The minimum absolute atomic E-state index is 0.492. The highest BCUT2D eigenvalue weighted by Crippen LogP contribution is 2.25. The van der Waals surface area contributed by atoms with E-state index in [1.54, 1.807) is 0 Å². The molecule has 0 spiro atoms. The van der Waals surface area contributed by atoms with Gasteiger partial charge >= 0.3 is 6.18 Å². The number of sulfone groups is 1. The van der Waals surface area contributed by atoms with E-state index in [0.29, 0.717) is 6.26 Å². The van der Waals surface area contributed by atoms with E-state index in [4.69, 9.17) is 0 Å². The van der Waals surface area contributed by atoms with Crippen LogP contribution in [0, 0.1) is 5.92 Å². The molecule has 0 aromatic heterocycles. The molecule has 0 aliphatic carbocycles. The summed E-state index contributed by atoms with van der Waals surface area (Å²) in [5.74, 6) is -1.11. The summed E-state index contributed by atoms with van der Waals surface area (Å²) < 4.78 is 58.8. The highest BCUT2D eigenvalue weighted by Gasteiger charge is 2.46. The van der Waals surface area contributed by atoms with E-state index >= 15 is 0 Å². The Balaban J connectivity index is 4.68. The van der Waals surface area contributed by atoms with Crippen LogP contribution in [0.15, 0.2) is 0 Å². The van der Waals surface area contributed by atoms with Crippen LogP contribution in [0.5, 0.6) is 0 Å². The maximum atomic E-state index is 12.3. The fourth-order valence-electron chi connectivity index (χ4n) is 0.907. The summed E-state index contributed by atoms with van der Waals surface area (Å²) >= 11 is 0. The summed E-state index contributed by atoms with van der Waals surface area (Å²) in [7, 11) is -4.28. The van der Waals surface area contributed by atoms with Gasteiger partial charge in [0.05, 0.1) is 0 Å². The number of carbonyl (C=O) groups excluding carboxylic acids is 1. The van der Waals surface area contributed by atoms with Gasteiger partial charge in [-0.25, -0.2) is 8.42 Å². The summed E-state index contributed by atoms with van der Waals surface area (Å²) in [4.78, 5) is 11.0. The van der Waals surface area contributed by atoms with E-state index < -0.39 is 39.6 Å². The third kappa shape index (κ3) is 4.82. The first-order chi connectivity index (χ1) is 6.96. The molecule has 1 atom stereocenters. The van der Waals surface area contributed by atoms with Crippen LogP contribution in [-0.4, -0.2) is 38.6 Å². The molecule has 1 amide bonds. The predicted molar refractivity (Wildman–Crippen MR) is 52.5 cm³/mol. The lowest BCUT2D eigenvalue weighted by atomic mass is 10.2. The number of hydrogen-bond donors (Lipinski definition) is 1. The lowest BCUT2D eigenvalue weighted by Crippen LogP contribution is -2.46. The zero-order valence-corrected chi connectivity index (χ0v) is 9.95. The molecular formula is C8H14F3NO3S. The number of nitrogens with one attached hydrogen (secondary N) is 1. The predicted octanol–water partition coefficient (Wildman–Crippen LogP) is 0.734. The number of alkyl halides is 3. The van der Waals surface area contributed by atoms with Gasteiger partial charge in [0.25, 0.3) is 0 Å². The maximum absolute atomic E-state index is 12.3. The molecule has 4 nitrogen and oxygen atoms in total. The molecule has 96 valence electrons. The highest BCUT2D eigenvalue weighted by molar-refractivity contribution is 7.91. The van der Waals surface area contributed by atoms with Crippen LogP contribution < -0.4 is 5.32 Å². The monoisotopic (exact) mass is 261 g/mol. The lowest BCUT2D eigenvalue weighted by molar-refractivity contribution is -0.133. The number of carbonyl (C=O) groups is 1. The second-order valence-corrected chi connectivity index (χ2v) is 5.99. The first-order valence-corrected chi connectivity index (χ1v) is 6.45. The third-order valence-corrected chi connectivity index (χ3v) is 3.34. The average molecular weight is 261 g/mol. The van der Waals surface area contributed by atoms with Crippen molar-refractivity contribution >= 4 is 15.7 Å². The maximum Gasteiger partial charge on any atom is 0.407 e. The van der Waals surface area contributed by atoms with Crippen LogP contribution in [0.3, 0.4) is 0 Å². The van der Waals surface area contributed by atoms with Crippen LogP contribution in [0.25, 0.3) is 0 Å². The molecule has 1 unspecified atom stereocenters. The molecule has 0 saturated carbocycles. The average Bonchev–Trinajstić information content (AvgIpc) is 1.98. The zero-order chi connectivity index (χ0) is 13.1. The molecule has 0 aliphatic rings. The van der Waals surface area contributed by atoms with Crippen molar-refractivity contribution in [2.24, 2.45) is 5.92 Å².